The number of rotatable bonds is 2. The normalized spacial score (nSPS) is 16.3. The number of thioether (sulfide) groups is 1. The van der Waals surface area contributed by atoms with Crippen LogP contribution in [0.5, 0.6) is 0 Å². The van der Waals surface area contributed by atoms with Gasteiger partial charge < -0.3 is 9.88 Å². The van der Waals surface area contributed by atoms with Crippen LogP contribution in [0.15, 0.2) is 29.2 Å². The molecule has 0 bridgehead atoms. The lowest BCUT2D eigenvalue weighted by Crippen LogP contribution is -2.17. The fourth-order valence-corrected chi connectivity index (χ4v) is 4.03. The zero-order chi connectivity index (χ0) is 16.7. The monoisotopic (exact) mass is 342 g/mol. The summed E-state index contributed by atoms with van der Waals surface area (Å²) in [5.41, 5.74) is 7.01. The highest BCUT2D eigenvalue weighted by Crippen LogP contribution is 2.30. The van der Waals surface area contributed by atoms with E-state index in [4.69, 9.17) is 12.2 Å². The van der Waals surface area contributed by atoms with E-state index in [9.17, 15) is 4.79 Å². The molecular formula is C18H18N2OS2. The largest absolute Gasteiger partial charge is 0.317 e. The summed E-state index contributed by atoms with van der Waals surface area (Å²) in [4.78, 5) is 12.5. The van der Waals surface area contributed by atoms with Gasteiger partial charge in [0.2, 0.25) is 0 Å². The number of nitrogens with zero attached hydrogens (tertiary/aromatic N) is 1. The molecule has 1 aliphatic rings. The third-order valence-corrected chi connectivity index (χ3v) is 5.22. The molecule has 1 aromatic heterocycles. The highest BCUT2D eigenvalue weighted by atomic mass is 32.2. The van der Waals surface area contributed by atoms with Crippen LogP contribution in [0.2, 0.25) is 0 Å². The molecule has 1 N–H and O–H groups in total. The van der Waals surface area contributed by atoms with Gasteiger partial charge in [0.1, 0.15) is 4.32 Å². The van der Waals surface area contributed by atoms with E-state index in [1.165, 1.54) is 28.6 Å². The summed E-state index contributed by atoms with van der Waals surface area (Å²) in [5, 5.41) is 2.66. The Hall–Kier alpha value is -1.85. The summed E-state index contributed by atoms with van der Waals surface area (Å²) >= 11 is 6.37. The number of hydrogen-bond acceptors (Lipinski definition) is 3. The van der Waals surface area contributed by atoms with E-state index in [1.54, 1.807) is 0 Å². The van der Waals surface area contributed by atoms with Crippen LogP contribution < -0.4 is 5.32 Å². The van der Waals surface area contributed by atoms with Gasteiger partial charge in [0.15, 0.2) is 0 Å². The molecule has 118 valence electrons. The van der Waals surface area contributed by atoms with Crippen molar-refractivity contribution in [1.82, 2.24) is 9.88 Å². The van der Waals surface area contributed by atoms with E-state index < -0.39 is 0 Å². The Labute approximate surface area is 145 Å². The van der Waals surface area contributed by atoms with Crippen molar-refractivity contribution in [2.45, 2.75) is 27.7 Å². The van der Waals surface area contributed by atoms with Crippen molar-refractivity contribution in [3.63, 3.8) is 0 Å². The maximum atomic E-state index is 11.9. The van der Waals surface area contributed by atoms with Crippen LogP contribution in [0.1, 0.15) is 28.1 Å². The van der Waals surface area contributed by atoms with E-state index in [-0.39, 0.29) is 5.91 Å². The van der Waals surface area contributed by atoms with Crippen LogP contribution in [-0.4, -0.2) is 14.8 Å². The van der Waals surface area contributed by atoms with E-state index in [0.29, 0.717) is 9.23 Å². The maximum absolute atomic E-state index is 11.9. The number of aryl methyl sites for hydroxylation is 3. The maximum Gasteiger partial charge on any atom is 0.263 e. The first-order chi connectivity index (χ1) is 10.9. The summed E-state index contributed by atoms with van der Waals surface area (Å²) in [7, 11) is 0. The molecule has 0 unspecified atom stereocenters. The molecule has 1 fully saturated rings. The molecule has 0 radical (unpaired) electrons. The van der Waals surface area contributed by atoms with Crippen LogP contribution in [0.3, 0.4) is 0 Å². The van der Waals surface area contributed by atoms with E-state index in [2.05, 4.69) is 61.8 Å². The Morgan fingerprint density at radius 3 is 2.39 bits per heavy atom. The molecule has 3 rings (SSSR count). The summed E-state index contributed by atoms with van der Waals surface area (Å²) < 4.78 is 2.78. The average Bonchev–Trinajstić information content (AvgIpc) is 2.92. The minimum absolute atomic E-state index is 0.114. The zero-order valence-electron chi connectivity index (χ0n) is 13.6. The highest BCUT2D eigenvalue weighted by molar-refractivity contribution is 8.26. The highest BCUT2D eigenvalue weighted by Gasteiger charge is 2.23. The van der Waals surface area contributed by atoms with Crippen LogP contribution >= 0.6 is 24.0 Å². The molecule has 1 amide bonds. The first-order valence-corrected chi connectivity index (χ1v) is 8.61. The second-order valence-corrected chi connectivity index (χ2v) is 7.47. The average molecular weight is 342 g/mol. The third-order valence-electron chi connectivity index (χ3n) is 4.06. The SMILES string of the molecule is Cc1cccc(C)c1-n1c(C)cc(/C=C2\SC(=S)NC2=O)c1C. The Balaban J connectivity index is 2.13. The summed E-state index contributed by atoms with van der Waals surface area (Å²) in [6, 6.07) is 8.44. The minimum Gasteiger partial charge on any atom is -0.317 e. The predicted octanol–water partition coefficient (Wildman–Crippen LogP) is 4.20. The van der Waals surface area contributed by atoms with Crippen molar-refractivity contribution in [2.24, 2.45) is 0 Å². The summed E-state index contributed by atoms with van der Waals surface area (Å²) in [6.45, 7) is 8.42. The molecule has 23 heavy (non-hydrogen) atoms. The van der Waals surface area contributed by atoms with E-state index >= 15 is 0 Å². The molecule has 5 heteroatoms. The molecule has 0 saturated carbocycles. The van der Waals surface area contributed by atoms with Crippen LogP contribution in [0, 0.1) is 27.7 Å². The smallest absolute Gasteiger partial charge is 0.263 e. The number of benzene rings is 1. The number of thiocarbonyl (C=S) groups is 1. The van der Waals surface area contributed by atoms with Gasteiger partial charge in [-0.15, -0.1) is 0 Å². The van der Waals surface area contributed by atoms with E-state index in [1.807, 2.05) is 6.08 Å². The lowest BCUT2D eigenvalue weighted by Gasteiger charge is -2.15. The van der Waals surface area contributed by atoms with Gasteiger partial charge in [-0.1, -0.05) is 42.2 Å². The topological polar surface area (TPSA) is 34.0 Å². The molecule has 0 aliphatic carbocycles. The van der Waals surface area contributed by atoms with Crippen LogP contribution in [-0.2, 0) is 4.79 Å². The van der Waals surface area contributed by atoms with Gasteiger partial charge in [0.25, 0.3) is 5.91 Å². The van der Waals surface area contributed by atoms with Gasteiger partial charge in [-0.25, -0.2) is 0 Å². The lowest BCUT2D eigenvalue weighted by atomic mass is 10.1. The minimum atomic E-state index is -0.114. The number of amides is 1. The van der Waals surface area contributed by atoms with Crippen molar-refractivity contribution in [1.29, 1.82) is 0 Å². The van der Waals surface area contributed by atoms with Gasteiger partial charge in [0.05, 0.1) is 10.6 Å². The van der Waals surface area contributed by atoms with Gasteiger partial charge in [-0.2, -0.15) is 0 Å². The van der Waals surface area contributed by atoms with E-state index in [0.717, 1.165) is 17.0 Å². The molecule has 2 heterocycles. The number of carbonyl (C=O) groups is 1. The quantitative estimate of drug-likeness (QED) is 0.656. The number of hydrogen-bond donors (Lipinski definition) is 1. The van der Waals surface area contributed by atoms with Crippen molar-refractivity contribution >= 4 is 40.3 Å². The molecule has 2 aromatic rings. The molecule has 1 aromatic carbocycles. The first kappa shape index (κ1) is 16.0. The van der Waals surface area contributed by atoms with Gasteiger partial charge in [0, 0.05) is 11.4 Å². The molecule has 3 nitrogen and oxygen atoms in total. The zero-order valence-corrected chi connectivity index (χ0v) is 15.2. The van der Waals surface area contributed by atoms with Gasteiger partial charge in [-0.3, -0.25) is 4.79 Å². The molecular weight excluding hydrogens is 324 g/mol. The second kappa shape index (κ2) is 5.98. The first-order valence-electron chi connectivity index (χ1n) is 7.39. The Kier molecular flexibility index (Phi) is 4.17. The number of nitrogens with one attached hydrogen (secondary N) is 1. The van der Waals surface area contributed by atoms with Crippen LogP contribution in [0.25, 0.3) is 11.8 Å². The number of carbonyl (C=O) groups excluding carboxylic acids is 1. The number of aromatic nitrogens is 1. The summed E-state index contributed by atoms with van der Waals surface area (Å²) in [5.74, 6) is -0.114. The van der Waals surface area contributed by atoms with Crippen molar-refractivity contribution in [3.8, 4) is 5.69 Å². The van der Waals surface area contributed by atoms with Gasteiger partial charge >= 0.3 is 0 Å². The van der Waals surface area contributed by atoms with Crippen molar-refractivity contribution in [3.05, 3.63) is 57.2 Å². The van der Waals surface area contributed by atoms with Crippen molar-refractivity contribution in [2.75, 3.05) is 0 Å². The van der Waals surface area contributed by atoms with Crippen LogP contribution in [0.4, 0.5) is 0 Å². The molecule has 0 spiro atoms. The molecule has 1 aliphatic heterocycles. The Morgan fingerprint density at radius 1 is 1.17 bits per heavy atom. The predicted molar refractivity (Wildman–Crippen MR) is 101 cm³/mol. The Morgan fingerprint density at radius 2 is 1.83 bits per heavy atom. The van der Waals surface area contributed by atoms with Gasteiger partial charge in [-0.05, 0) is 56.5 Å². The third kappa shape index (κ3) is 2.86. The van der Waals surface area contributed by atoms with Crippen molar-refractivity contribution < 1.29 is 4.79 Å². The fraction of sp³-hybridized carbons (Fsp3) is 0.222. The number of para-hydroxylation sites is 1. The summed E-state index contributed by atoms with van der Waals surface area (Å²) in [6.07, 6.45) is 1.92. The molecule has 0 atom stereocenters. The Bertz CT molecular complexity index is 842. The fourth-order valence-electron chi connectivity index (χ4n) is 3.00. The standard InChI is InChI=1S/C18H18N2OS2/c1-10-6-5-7-11(2)16(10)20-12(3)8-14(13(20)4)9-15-17(21)19-18(22)23-15/h5-9H,1-4H3,(H,19,21,22)/b15-9-. The lowest BCUT2D eigenvalue weighted by molar-refractivity contribution is -0.115. The second-order valence-electron chi connectivity index (χ2n) is 5.75. The molecule has 1 saturated heterocycles.